The molecule has 0 aromatic heterocycles. The molecule has 0 N–H and O–H groups in total. The molecule has 0 saturated carbocycles. The third kappa shape index (κ3) is 3.53. The second kappa shape index (κ2) is 7.01. The summed E-state index contributed by atoms with van der Waals surface area (Å²) in [6, 6.07) is 7.64. The van der Waals surface area contributed by atoms with Crippen molar-refractivity contribution in [3.63, 3.8) is 0 Å². The van der Waals surface area contributed by atoms with Gasteiger partial charge in [0, 0.05) is 32.5 Å². The fourth-order valence-electron chi connectivity index (χ4n) is 3.03. The molecule has 22 heavy (non-hydrogen) atoms. The van der Waals surface area contributed by atoms with Crippen molar-refractivity contribution in [2.75, 3.05) is 33.4 Å². The van der Waals surface area contributed by atoms with Crippen LogP contribution in [0.2, 0.25) is 0 Å². The maximum absolute atomic E-state index is 12.3. The number of nitrogens with zero attached hydrogens (tertiary/aromatic N) is 1. The Morgan fingerprint density at radius 2 is 1.82 bits per heavy atom. The van der Waals surface area contributed by atoms with Gasteiger partial charge < -0.3 is 19.1 Å². The Labute approximate surface area is 131 Å². The molecule has 0 radical (unpaired) electrons. The van der Waals surface area contributed by atoms with Crippen molar-refractivity contribution in [2.45, 2.75) is 25.4 Å². The Bertz CT molecular complexity index is 488. The van der Waals surface area contributed by atoms with E-state index in [0.29, 0.717) is 13.2 Å². The summed E-state index contributed by atoms with van der Waals surface area (Å²) in [5.41, 5.74) is 0. The highest BCUT2D eigenvalue weighted by molar-refractivity contribution is 5.79. The number of ether oxygens (including phenoxy) is 3. The van der Waals surface area contributed by atoms with Crippen molar-refractivity contribution in [3.05, 3.63) is 24.3 Å². The van der Waals surface area contributed by atoms with Crippen LogP contribution in [-0.4, -0.2) is 50.3 Å². The third-order valence-electron chi connectivity index (χ3n) is 4.39. The number of hydrogen-bond donors (Lipinski definition) is 0. The Kier molecular flexibility index (Phi) is 4.83. The average molecular weight is 305 g/mol. The SMILES string of the molecule is COc1ccc(OC2CCN(C(=O)[C@H]3CCOC3)CC2)cc1. The summed E-state index contributed by atoms with van der Waals surface area (Å²) in [6.07, 6.45) is 2.80. The number of carbonyl (C=O) groups excluding carboxylic acids is 1. The molecule has 0 bridgehead atoms. The summed E-state index contributed by atoms with van der Waals surface area (Å²) >= 11 is 0. The van der Waals surface area contributed by atoms with E-state index in [4.69, 9.17) is 14.2 Å². The molecule has 5 nitrogen and oxygen atoms in total. The van der Waals surface area contributed by atoms with Gasteiger partial charge in [-0.2, -0.15) is 0 Å². The molecule has 120 valence electrons. The highest BCUT2D eigenvalue weighted by atomic mass is 16.5. The van der Waals surface area contributed by atoms with Crippen molar-refractivity contribution in [2.24, 2.45) is 5.92 Å². The molecule has 0 unspecified atom stereocenters. The fourth-order valence-corrected chi connectivity index (χ4v) is 3.03. The predicted molar refractivity (Wildman–Crippen MR) is 82.2 cm³/mol. The first kappa shape index (κ1) is 15.2. The Balaban J connectivity index is 1.47. The third-order valence-corrected chi connectivity index (χ3v) is 4.39. The van der Waals surface area contributed by atoms with Crippen LogP contribution in [0, 0.1) is 5.92 Å². The zero-order chi connectivity index (χ0) is 15.4. The number of methoxy groups -OCH3 is 1. The van der Waals surface area contributed by atoms with Gasteiger partial charge in [0.15, 0.2) is 0 Å². The van der Waals surface area contributed by atoms with Crippen LogP contribution in [-0.2, 0) is 9.53 Å². The molecule has 0 spiro atoms. The van der Waals surface area contributed by atoms with E-state index in [1.54, 1.807) is 7.11 Å². The Morgan fingerprint density at radius 1 is 1.14 bits per heavy atom. The van der Waals surface area contributed by atoms with Gasteiger partial charge in [-0.25, -0.2) is 0 Å². The van der Waals surface area contributed by atoms with Crippen LogP contribution in [0.25, 0.3) is 0 Å². The van der Waals surface area contributed by atoms with E-state index in [1.165, 1.54) is 0 Å². The van der Waals surface area contributed by atoms with Crippen molar-refractivity contribution >= 4 is 5.91 Å². The normalized spacial score (nSPS) is 22.6. The van der Waals surface area contributed by atoms with Crippen LogP contribution in [0.15, 0.2) is 24.3 Å². The molecular weight excluding hydrogens is 282 g/mol. The van der Waals surface area contributed by atoms with E-state index >= 15 is 0 Å². The van der Waals surface area contributed by atoms with E-state index in [2.05, 4.69) is 0 Å². The number of piperidine rings is 1. The minimum absolute atomic E-state index is 0.0686. The minimum atomic E-state index is 0.0686. The summed E-state index contributed by atoms with van der Waals surface area (Å²) in [4.78, 5) is 14.3. The lowest BCUT2D eigenvalue weighted by Crippen LogP contribution is -2.44. The first-order chi connectivity index (χ1) is 10.8. The quantitative estimate of drug-likeness (QED) is 0.855. The Morgan fingerprint density at radius 3 is 2.41 bits per heavy atom. The highest BCUT2D eigenvalue weighted by Gasteiger charge is 2.31. The van der Waals surface area contributed by atoms with E-state index in [0.717, 1.165) is 43.9 Å². The number of hydrogen-bond acceptors (Lipinski definition) is 4. The van der Waals surface area contributed by atoms with Gasteiger partial charge in [-0.1, -0.05) is 0 Å². The molecule has 2 aliphatic rings. The van der Waals surface area contributed by atoms with E-state index in [1.807, 2.05) is 29.2 Å². The predicted octanol–water partition coefficient (Wildman–Crippen LogP) is 2.10. The van der Waals surface area contributed by atoms with Gasteiger partial charge in [0.2, 0.25) is 5.91 Å². The topological polar surface area (TPSA) is 48.0 Å². The van der Waals surface area contributed by atoms with Crippen LogP contribution < -0.4 is 9.47 Å². The molecule has 0 aliphatic carbocycles. The molecule has 5 heteroatoms. The zero-order valence-electron chi connectivity index (χ0n) is 13.0. The van der Waals surface area contributed by atoms with Gasteiger partial charge in [-0.3, -0.25) is 4.79 Å². The molecule has 2 aliphatic heterocycles. The Hall–Kier alpha value is -1.75. The summed E-state index contributed by atoms with van der Waals surface area (Å²) < 4.78 is 16.4. The van der Waals surface area contributed by atoms with Gasteiger partial charge in [-0.15, -0.1) is 0 Å². The number of rotatable bonds is 4. The van der Waals surface area contributed by atoms with Crippen molar-refractivity contribution in [1.82, 2.24) is 4.90 Å². The smallest absolute Gasteiger partial charge is 0.228 e. The maximum atomic E-state index is 12.3. The molecule has 2 saturated heterocycles. The van der Waals surface area contributed by atoms with Crippen LogP contribution in [0.4, 0.5) is 0 Å². The fraction of sp³-hybridized carbons (Fsp3) is 0.588. The molecular formula is C17H23NO4. The zero-order valence-corrected chi connectivity index (χ0v) is 13.0. The lowest BCUT2D eigenvalue weighted by Gasteiger charge is -2.33. The lowest BCUT2D eigenvalue weighted by molar-refractivity contribution is -0.137. The summed E-state index contributed by atoms with van der Waals surface area (Å²) in [5.74, 6) is 2.00. The number of likely N-dealkylation sites (tertiary alicyclic amines) is 1. The average Bonchev–Trinajstić information content (AvgIpc) is 3.10. The van der Waals surface area contributed by atoms with Gasteiger partial charge in [0.1, 0.15) is 17.6 Å². The summed E-state index contributed by atoms with van der Waals surface area (Å²) in [7, 11) is 1.65. The summed E-state index contributed by atoms with van der Waals surface area (Å²) in [6.45, 7) is 2.85. The number of benzene rings is 1. The van der Waals surface area contributed by atoms with E-state index in [-0.39, 0.29) is 17.9 Å². The molecule has 2 heterocycles. The maximum Gasteiger partial charge on any atom is 0.228 e. The standard InChI is InChI=1S/C17H23NO4/c1-20-14-2-4-15(5-3-14)22-16-6-9-18(10-7-16)17(19)13-8-11-21-12-13/h2-5,13,16H,6-12H2,1H3/t13-/m0/s1. The van der Waals surface area contributed by atoms with Gasteiger partial charge in [-0.05, 0) is 30.7 Å². The van der Waals surface area contributed by atoms with Crippen LogP contribution in [0.5, 0.6) is 11.5 Å². The number of amides is 1. The molecule has 1 atom stereocenters. The molecule has 3 rings (SSSR count). The highest BCUT2D eigenvalue weighted by Crippen LogP contribution is 2.23. The second-order valence-corrected chi connectivity index (χ2v) is 5.88. The minimum Gasteiger partial charge on any atom is -0.497 e. The summed E-state index contributed by atoms with van der Waals surface area (Å²) in [5, 5.41) is 0. The lowest BCUT2D eigenvalue weighted by atomic mass is 10.0. The second-order valence-electron chi connectivity index (χ2n) is 5.88. The molecule has 1 aromatic rings. The molecule has 1 aromatic carbocycles. The molecule has 1 amide bonds. The van der Waals surface area contributed by atoms with Crippen LogP contribution in [0.3, 0.4) is 0 Å². The van der Waals surface area contributed by atoms with Crippen LogP contribution >= 0.6 is 0 Å². The first-order valence-corrected chi connectivity index (χ1v) is 7.93. The van der Waals surface area contributed by atoms with Crippen molar-refractivity contribution < 1.29 is 19.0 Å². The van der Waals surface area contributed by atoms with Gasteiger partial charge >= 0.3 is 0 Å². The molecule has 2 fully saturated rings. The number of carbonyl (C=O) groups is 1. The largest absolute Gasteiger partial charge is 0.497 e. The monoisotopic (exact) mass is 305 g/mol. The van der Waals surface area contributed by atoms with Crippen molar-refractivity contribution in [3.8, 4) is 11.5 Å². The van der Waals surface area contributed by atoms with Gasteiger partial charge in [0.05, 0.1) is 19.6 Å². The van der Waals surface area contributed by atoms with E-state index in [9.17, 15) is 4.79 Å². The van der Waals surface area contributed by atoms with Crippen molar-refractivity contribution in [1.29, 1.82) is 0 Å². The van der Waals surface area contributed by atoms with E-state index < -0.39 is 0 Å². The van der Waals surface area contributed by atoms with Crippen LogP contribution in [0.1, 0.15) is 19.3 Å². The first-order valence-electron chi connectivity index (χ1n) is 7.93. The van der Waals surface area contributed by atoms with Gasteiger partial charge in [0.25, 0.3) is 0 Å².